The Morgan fingerprint density at radius 3 is 2.77 bits per heavy atom. The second kappa shape index (κ2) is 6.61. The monoisotopic (exact) mass is 366 g/mol. The molecule has 130 valence electrons. The number of hydrogen-bond acceptors (Lipinski definition) is 4. The average Bonchev–Trinajstić information content (AvgIpc) is 3.24. The van der Waals surface area contributed by atoms with Crippen LogP contribution in [0.4, 0.5) is 0 Å². The Kier molecular flexibility index (Phi) is 4.14. The van der Waals surface area contributed by atoms with Crippen LogP contribution in [0.15, 0.2) is 54.9 Å². The summed E-state index contributed by atoms with van der Waals surface area (Å²) in [6, 6.07) is 12.9. The van der Waals surface area contributed by atoms with Gasteiger partial charge in [0.1, 0.15) is 0 Å². The van der Waals surface area contributed by atoms with Gasteiger partial charge in [-0.1, -0.05) is 17.7 Å². The van der Waals surface area contributed by atoms with Crippen molar-refractivity contribution in [2.75, 3.05) is 0 Å². The molecular formula is C18H15ClN6O. The Morgan fingerprint density at radius 1 is 1.15 bits per heavy atom. The molecule has 0 atom stereocenters. The molecule has 4 rings (SSSR count). The van der Waals surface area contributed by atoms with E-state index in [2.05, 4.69) is 20.6 Å². The van der Waals surface area contributed by atoms with E-state index in [0.717, 1.165) is 17.0 Å². The summed E-state index contributed by atoms with van der Waals surface area (Å²) in [5, 5.41) is 16.0. The molecule has 0 unspecified atom stereocenters. The smallest absolute Gasteiger partial charge is 0.255 e. The first-order valence-electron chi connectivity index (χ1n) is 8.01. The highest BCUT2D eigenvalue weighted by Crippen LogP contribution is 2.17. The highest BCUT2D eigenvalue weighted by Gasteiger charge is 2.16. The van der Waals surface area contributed by atoms with Crippen molar-refractivity contribution in [2.24, 2.45) is 0 Å². The molecule has 0 radical (unpaired) electrons. The van der Waals surface area contributed by atoms with E-state index in [0.29, 0.717) is 16.4 Å². The molecule has 0 saturated heterocycles. The lowest BCUT2D eigenvalue weighted by Crippen LogP contribution is -2.24. The molecule has 0 bridgehead atoms. The number of aromatic nitrogens is 5. The fourth-order valence-electron chi connectivity index (χ4n) is 2.74. The fraction of sp³-hybridized carbons (Fsp3) is 0.111. The van der Waals surface area contributed by atoms with Crippen molar-refractivity contribution < 1.29 is 4.79 Å². The Hall–Kier alpha value is -3.19. The molecule has 7 nitrogen and oxygen atoms in total. The minimum absolute atomic E-state index is 0.213. The van der Waals surface area contributed by atoms with Crippen LogP contribution in [0, 0.1) is 6.92 Å². The van der Waals surface area contributed by atoms with Gasteiger partial charge in [0.15, 0.2) is 11.5 Å². The first-order chi connectivity index (χ1) is 12.6. The number of amides is 1. The molecule has 3 heterocycles. The summed E-state index contributed by atoms with van der Waals surface area (Å²) < 4.78 is 3.54. The molecule has 1 N–H and O–H groups in total. The molecule has 0 aliphatic heterocycles. The molecule has 4 aromatic rings. The minimum Gasteiger partial charge on any atom is -0.345 e. The van der Waals surface area contributed by atoms with E-state index in [9.17, 15) is 4.79 Å². The zero-order valence-electron chi connectivity index (χ0n) is 13.9. The molecule has 0 aliphatic carbocycles. The quantitative estimate of drug-likeness (QED) is 0.602. The van der Waals surface area contributed by atoms with E-state index < -0.39 is 0 Å². The molecule has 0 spiro atoms. The highest BCUT2D eigenvalue weighted by molar-refractivity contribution is 6.30. The van der Waals surface area contributed by atoms with Gasteiger partial charge < -0.3 is 5.32 Å². The lowest BCUT2D eigenvalue weighted by molar-refractivity contribution is 0.0949. The SMILES string of the molecule is Cc1c(C(=O)NCc2nnc3ccccn23)cnn1-c1ccc(Cl)cc1. The number of carbonyl (C=O) groups excluding carboxylic acids is 1. The van der Waals surface area contributed by atoms with Gasteiger partial charge in [-0.3, -0.25) is 9.20 Å². The first-order valence-corrected chi connectivity index (χ1v) is 8.38. The summed E-state index contributed by atoms with van der Waals surface area (Å²) in [7, 11) is 0. The summed E-state index contributed by atoms with van der Waals surface area (Å²) in [6.07, 6.45) is 3.42. The molecule has 26 heavy (non-hydrogen) atoms. The maximum Gasteiger partial charge on any atom is 0.255 e. The van der Waals surface area contributed by atoms with Crippen LogP contribution in [0.25, 0.3) is 11.3 Å². The average molecular weight is 367 g/mol. The van der Waals surface area contributed by atoms with Crippen molar-refractivity contribution in [3.05, 3.63) is 77.0 Å². The van der Waals surface area contributed by atoms with Gasteiger partial charge >= 0.3 is 0 Å². The van der Waals surface area contributed by atoms with Gasteiger partial charge in [-0.05, 0) is 43.3 Å². The summed E-state index contributed by atoms with van der Waals surface area (Å²) in [6.45, 7) is 2.12. The van der Waals surface area contributed by atoms with E-state index in [1.165, 1.54) is 0 Å². The number of pyridine rings is 1. The van der Waals surface area contributed by atoms with Crippen molar-refractivity contribution in [3.63, 3.8) is 0 Å². The van der Waals surface area contributed by atoms with Gasteiger partial charge in [0.2, 0.25) is 0 Å². The molecule has 0 saturated carbocycles. The van der Waals surface area contributed by atoms with Crippen molar-refractivity contribution in [2.45, 2.75) is 13.5 Å². The number of nitrogens with zero attached hydrogens (tertiary/aromatic N) is 5. The number of hydrogen-bond donors (Lipinski definition) is 1. The third-order valence-electron chi connectivity index (χ3n) is 4.12. The van der Waals surface area contributed by atoms with Crippen LogP contribution in [0.2, 0.25) is 5.02 Å². The molecule has 0 aliphatic rings. The van der Waals surface area contributed by atoms with Crippen LogP contribution in [0.3, 0.4) is 0 Å². The third-order valence-corrected chi connectivity index (χ3v) is 4.37. The van der Waals surface area contributed by atoms with Crippen LogP contribution >= 0.6 is 11.6 Å². The molecule has 1 amide bonds. The highest BCUT2D eigenvalue weighted by atomic mass is 35.5. The minimum atomic E-state index is -0.213. The van der Waals surface area contributed by atoms with E-state index in [1.54, 1.807) is 23.0 Å². The summed E-state index contributed by atoms with van der Waals surface area (Å²) >= 11 is 5.92. The number of carbonyl (C=O) groups is 1. The molecule has 1 aromatic carbocycles. The normalized spacial score (nSPS) is 11.0. The number of halogens is 1. The van der Waals surface area contributed by atoms with E-state index in [4.69, 9.17) is 11.6 Å². The van der Waals surface area contributed by atoms with E-state index in [1.807, 2.05) is 47.9 Å². The van der Waals surface area contributed by atoms with Crippen LogP contribution < -0.4 is 5.32 Å². The van der Waals surface area contributed by atoms with Gasteiger partial charge in [0.05, 0.1) is 29.7 Å². The predicted molar refractivity (Wildman–Crippen MR) is 97.5 cm³/mol. The van der Waals surface area contributed by atoms with Crippen molar-refractivity contribution >= 4 is 23.2 Å². The Morgan fingerprint density at radius 2 is 1.96 bits per heavy atom. The van der Waals surface area contributed by atoms with Crippen molar-refractivity contribution in [1.82, 2.24) is 29.7 Å². The molecule has 3 aromatic heterocycles. The first kappa shape index (κ1) is 16.3. The Labute approximate surface area is 154 Å². The van der Waals surface area contributed by atoms with Crippen LogP contribution in [0.1, 0.15) is 21.9 Å². The predicted octanol–water partition coefficient (Wildman–Crippen LogP) is 2.81. The lowest BCUT2D eigenvalue weighted by atomic mass is 10.2. The van der Waals surface area contributed by atoms with Crippen molar-refractivity contribution in [1.29, 1.82) is 0 Å². The summed E-state index contributed by atoms with van der Waals surface area (Å²) in [4.78, 5) is 12.6. The second-order valence-electron chi connectivity index (χ2n) is 5.76. The number of nitrogens with one attached hydrogen (secondary N) is 1. The van der Waals surface area contributed by atoms with Crippen LogP contribution in [-0.4, -0.2) is 30.3 Å². The Balaban J connectivity index is 1.53. The zero-order valence-corrected chi connectivity index (χ0v) is 14.7. The number of rotatable bonds is 4. The molecule has 0 fully saturated rings. The molecule has 8 heteroatoms. The van der Waals surface area contributed by atoms with E-state index in [-0.39, 0.29) is 12.5 Å². The zero-order chi connectivity index (χ0) is 18.1. The fourth-order valence-corrected chi connectivity index (χ4v) is 2.87. The third kappa shape index (κ3) is 2.93. The molecular weight excluding hydrogens is 352 g/mol. The topological polar surface area (TPSA) is 77.1 Å². The maximum atomic E-state index is 12.6. The Bertz CT molecular complexity index is 1080. The van der Waals surface area contributed by atoms with Crippen molar-refractivity contribution in [3.8, 4) is 5.69 Å². The lowest BCUT2D eigenvalue weighted by Gasteiger charge is -2.06. The summed E-state index contributed by atoms with van der Waals surface area (Å²) in [5.41, 5.74) is 2.84. The summed E-state index contributed by atoms with van der Waals surface area (Å²) in [5.74, 6) is 0.451. The van der Waals surface area contributed by atoms with Crippen LogP contribution in [-0.2, 0) is 6.54 Å². The van der Waals surface area contributed by atoms with Gasteiger partial charge in [-0.2, -0.15) is 5.10 Å². The van der Waals surface area contributed by atoms with Gasteiger partial charge in [0.25, 0.3) is 5.91 Å². The van der Waals surface area contributed by atoms with Gasteiger partial charge in [-0.15, -0.1) is 10.2 Å². The second-order valence-corrected chi connectivity index (χ2v) is 6.20. The number of fused-ring (bicyclic) bond motifs is 1. The van der Waals surface area contributed by atoms with Gasteiger partial charge in [-0.25, -0.2) is 4.68 Å². The maximum absolute atomic E-state index is 12.6. The van der Waals surface area contributed by atoms with Crippen LogP contribution in [0.5, 0.6) is 0 Å². The standard InChI is InChI=1S/C18H15ClN6O/c1-12-15(10-21-25(12)14-7-5-13(19)6-8-14)18(26)20-11-17-23-22-16-4-2-3-9-24(16)17/h2-10H,11H2,1H3,(H,20,26). The van der Waals surface area contributed by atoms with Gasteiger partial charge in [0, 0.05) is 11.2 Å². The number of benzene rings is 1. The van der Waals surface area contributed by atoms with E-state index >= 15 is 0 Å². The largest absolute Gasteiger partial charge is 0.345 e.